The van der Waals surface area contributed by atoms with Gasteiger partial charge in [0.2, 0.25) is 0 Å². The average molecular weight is 1130 g/mol. The molecule has 0 unspecified atom stereocenters. The van der Waals surface area contributed by atoms with E-state index in [-0.39, 0.29) is 6.08 Å². The van der Waals surface area contributed by atoms with Crippen molar-refractivity contribution in [1.82, 2.24) is 0 Å². The SMILES string of the molecule is C=CCO[Si](CCC(F)(F)C(F)(F)C(F)(F)C(F)(F)C(F)(F)C(F)(F)F)(CCC(F)(F)C(F)(F)C(F)(F)C(F)(F)C(F)(F)C(F)(F)F)CCC(F)(F)C(F)(F)C(F)(F)C(F)(F)C(F)(F)C(F)(F)F. The highest BCUT2D eigenvalue weighted by molar-refractivity contribution is 6.73. The fraction of sp³-hybridized carbons (Fsp3) is 0.926. The van der Waals surface area contributed by atoms with Crippen molar-refractivity contribution in [2.75, 3.05) is 6.61 Å². The summed E-state index contributed by atoms with van der Waals surface area (Å²) in [5.41, 5.74) is 0. The monoisotopic (exact) mass is 1130 g/mol. The smallest absolute Gasteiger partial charge is 0.413 e. The zero-order valence-corrected chi connectivity index (χ0v) is 31.9. The fourth-order valence-electron chi connectivity index (χ4n) is 4.86. The molecule has 0 aromatic heterocycles. The van der Waals surface area contributed by atoms with Crippen LogP contribution in [0, 0.1) is 0 Å². The van der Waals surface area contributed by atoms with Gasteiger partial charge in [-0.15, -0.1) is 6.58 Å². The molecule has 0 fully saturated rings. The second kappa shape index (κ2) is 17.7. The molecule has 1 nitrogen and oxygen atoms in total. The average Bonchev–Trinajstić information content (AvgIpc) is 3.11. The number of hydrogen-bond donors (Lipinski definition) is 0. The van der Waals surface area contributed by atoms with E-state index < -0.39 is 160 Å². The number of halogens is 39. The zero-order chi connectivity index (χ0) is 55.9. The summed E-state index contributed by atoms with van der Waals surface area (Å²) < 4.78 is 536. The first-order valence-electron chi connectivity index (χ1n) is 16.1. The van der Waals surface area contributed by atoms with Crippen LogP contribution >= 0.6 is 0 Å². The molecule has 0 amide bonds. The van der Waals surface area contributed by atoms with Gasteiger partial charge in [-0.1, -0.05) is 6.08 Å². The lowest BCUT2D eigenvalue weighted by Crippen LogP contribution is -2.70. The highest BCUT2D eigenvalue weighted by Gasteiger charge is 2.93. The van der Waals surface area contributed by atoms with Crippen LogP contribution in [-0.2, 0) is 4.43 Å². The number of rotatable bonds is 24. The largest absolute Gasteiger partial charge is 0.460 e. The lowest BCUT2D eigenvalue weighted by Gasteiger charge is -2.42. The Morgan fingerprint density at radius 3 is 0.574 bits per heavy atom. The first-order chi connectivity index (χ1) is 28.9. The van der Waals surface area contributed by atoms with Crippen molar-refractivity contribution < 1.29 is 176 Å². The fourth-order valence-corrected chi connectivity index (χ4v) is 8.82. The minimum Gasteiger partial charge on any atom is -0.413 e. The van der Waals surface area contributed by atoms with Crippen LogP contribution in [0.25, 0.3) is 0 Å². The molecule has 68 heavy (non-hydrogen) atoms. The maximum absolute atomic E-state index is 14.7. The standard InChI is InChI=1S/C27H17F39OSi/c1-2-6-67-68(7-3-10(28,29)13(34,35)16(40,41)19(46,47)22(52,53)25(58,59)60,8-4-11(30,31)14(36,37)17(42,43)20(48,49)23(54,55)26(61,62)63)9-5-12(32,33)15(38,39)18(44,45)21(50,51)24(56,57)27(64,65)66/h2H,1,3-9H2. The van der Waals surface area contributed by atoms with E-state index in [9.17, 15) is 171 Å². The van der Waals surface area contributed by atoms with Crippen LogP contribution < -0.4 is 0 Å². The predicted molar refractivity (Wildman–Crippen MR) is 143 cm³/mol. The van der Waals surface area contributed by atoms with Gasteiger partial charge in [-0.05, 0) is 18.1 Å². The molecule has 0 aliphatic carbocycles. The van der Waals surface area contributed by atoms with Gasteiger partial charge in [-0.25, -0.2) is 0 Å². The van der Waals surface area contributed by atoms with E-state index in [0.717, 1.165) is 0 Å². The number of alkyl halides is 39. The van der Waals surface area contributed by atoms with Crippen molar-refractivity contribution in [3.05, 3.63) is 12.7 Å². The minimum absolute atomic E-state index is 0.177. The second-order valence-corrected chi connectivity index (χ2v) is 17.9. The van der Waals surface area contributed by atoms with Crippen LogP contribution in [0.3, 0.4) is 0 Å². The molecular weight excluding hydrogens is 1110 g/mol. The molecule has 0 heterocycles. The molecule has 0 bridgehead atoms. The zero-order valence-electron chi connectivity index (χ0n) is 30.9. The van der Waals surface area contributed by atoms with Crippen LogP contribution in [-0.4, -0.2) is 122 Å². The van der Waals surface area contributed by atoms with E-state index in [1.807, 2.05) is 0 Å². The van der Waals surface area contributed by atoms with Crippen molar-refractivity contribution in [2.45, 2.75) is 145 Å². The third-order valence-corrected chi connectivity index (χ3v) is 13.4. The Kier molecular flexibility index (Phi) is 17.0. The topological polar surface area (TPSA) is 9.23 Å². The van der Waals surface area contributed by atoms with E-state index in [0.29, 0.717) is 0 Å². The summed E-state index contributed by atoms with van der Waals surface area (Å²) in [6.45, 7) is 0.334. The maximum Gasteiger partial charge on any atom is 0.460 e. The van der Waals surface area contributed by atoms with Crippen LogP contribution in [0.4, 0.5) is 171 Å². The van der Waals surface area contributed by atoms with Gasteiger partial charge in [-0.3, -0.25) is 0 Å². The van der Waals surface area contributed by atoms with E-state index in [2.05, 4.69) is 11.0 Å². The summed E-state index contributed by atoms with van der Waals surface area (Å²) in [5.74, 6) is -128. The Bertz CT molecular complexity index is 1540. The van der Waals surface area contributed by atoms with E-state index in [1.54, 1.807) is 0 Å². The quantitative estimate of drug-likeness (QED) is 0.0532. The summed E-state index contributed by atoms with van der Waals surface area (Å²) in [6, 6.07) is -10.2. The van der Waals surface area contributed by atoms with Crippen LogP contribution in [0.1, 0.15) is 19.3 Å². The van der Waals surface area contributed by atoms with Crippen molar-refractivity contribution in [1.29, 1.82) is 0 Å². The maximum atomic E-state index is 14.7. The molecule has 0 atom stereocenters. The summed E-state index contributed by atoms with van der Waals surface area (Å²) >= 11 is 0. The Morgan fingerprint density at radius 1 is 0.265 bits per heavy atom. The van der Waals surface area contributed by atoms with Crippen LogP contribution in [0.15, 0.2) is 12.7 Å². The second-order valence-electron chi connectivity index (χ2n) is 13.8. The lowest BCUT2D eigenvalue weighted by atomic mass is 9.93. The van der Waals surface area contributed by atoms with Gasteiger partial charge in [0, 0.05) is 19.3 Å². The molecule has 0 rings (SSSR count). The van der Waals surface area contributed by atoms with Gasteiger partial charge in [0.25, 0.3) is 0 Å². The third-order valence-electron chi connectivity index (χ3n) is 9.19. The summed E-state index contributed by atoms with van der Waals surface area (Å²) in [5, 5.41) is 0. The molecule has 0 aromatic rings. The molecule has 0 spiro atoms. The Balaban J connectivity index is 8.12. The predicted octanol–water partition coefficient (Wildman–Crippen LogP) is 15.5. The molecule has 408 valence electrons. The van der Waals surface area contributed by atoms with Gasteiger partial charge in [0.05, 0.1) is 6.61 Å². The Labute approximate surface area is 349 Å². The van der Waals surface area contributed by atoms with E-state index >= 15 is 0 Å². The molecule has 0 aromatic carbocycles. The molecule has 0 radical (unpaired) electrons. The molecule has 0 aliphatic rings. The number of hydrogen-bond acceptors (Lipinski definition) is 1. The van der Waals surface area contributed by atoms with Gasteiger partial charge in [0.1, 0.15) is 0 Å². The van der Waals surface area contributed by atoms with Crippen molar-refractivity contribution >= 4 is 8.32 Å². The highest BCUT2D eigenvalue weighted by atomic mass is 28.4. The highest BCUT2D eigenvalue weighted by Crippen LogP contribution is 2.65. The molecule has 41 heteroatoms. The van der Waals surface area contributed by atoms with Gasteiger partial charge in [0.15, 0.2) is 8.32 Å². The van der Waals surface area contributed by atoms with Gasteiger partial charge < -0.3 is 4.43 Å². The van der Waals surface area contributed by atoms with Crippen LogP contribution in [0.5, 0.6) is 0 Å². The molecule has 0 saturated heterocycles. The van der Waals surface area contributed by atoms with Crippen molar-refractivity contribution in [3.63, 3.8) is 0 Å². The lowest BCUT2D eigenvalue weighted by molar-refractivity contribution is -0.440. The minimum atomic E-state index is -8.89. The van der Waals surface area contributed by atoms with Crippen molar-refractivity contribution in [3.8, 4) is 0 Å². The molecule has 0 N–H and O–H groups in total. The normalized spacial score (nSPS) is 16.7. The van der Waals surface area contributed by atoms with Gasteiger partial charge in [-0.2, -0.15) is 171 Å². The Morgan fingerprint density at radius 2 is 0.426 bits per heavy atom. The first kappa shape index (κ1) is 65.2. The summed E-state index contributed by atoms with van der Waals surface area (Å²) in [6.07, 6.45) is -36.9. The summed E-state index contributed by atoms with van der Waals surface area (Å²) in [4.78, 5) is 0. The third kappa shape index (κ3) is 9.77. The molecule has 0 aliphatic heterocycles. The Hall–Kier alpha value is -2.81. The van der Waals surface area contributed by atoms with Crippen molar-refractivity contribution in [2.24, 2.45) is 0 Å². The molecule has 0 saturated carbocycles. The molecular formula is C27H17F39OSi. The first-order valence-corrected chi connectivity index (χ1v) is 18.6. The summed E-state index contributed by atoms with van der Waals surface area (Å²) in [7, 11) is -7.19. The van der Waals surface area contributed by atoms with Gasteiger partial charge >= 0.3 is 107 Å². The van der Waals surface area contributed by atoms with E-state index in [1.165, 1.54) is 0 Å². The van der Waals surface area contributed by atoms with Crippen LogP contribution in [0.2, 0.25) is 18.1 Å². The van der Waals surface area contributed by atoms with E-state index in [4.69, 9.17) is 0 Å².